The van der Waals surface area contributed by atoms with Crippen LogP contribution in [-0.2, 0) is 14.4 Å². The summed E-state index contributed by atoms with van der Waals surface area (Å²) in [6.45, 7) is 0.704. The molecule has 3 unspecified atom stereocenters. The number of hydroxylamine groups is 3. The Kier molecular flexibility index (Phi) is 3.22. The SMILES string of the molecule is O=C1CC(ONC(=O)C2CCC3CN2C(=O)N3O)CN1. The molecule has 0 spiro atoms. The quantitative estimate of drug-likeness (QED) is 0.435. The first-order valence-electron chi connectivity index (χ1n) is 6.57. The van der Waals surface area contributed by atoms with Gasteiger partial charge in [0, 0.05) is 13.1 Å². The van der Waals surface area contributed by atoms with Gasteiger partial charge in [-0.3, -0.25) is 19.6 Å². The second-order valence-corrected chi connectivity index (χ2v) is 5.24. The maximum atomic E-state index is 12.0. The van der Waals surface area contributed by atoms with Gasteiger partial charge in [0.2, 0.25) is 5.91 Å². The lowest BCUT2D eigenvalue weighted by atomic mass is 10.0. The minimum absolute atomic E-state index is 0.115. The minimum atomic E-state index is -0.638. The molecule has 3 rings (SSSR count). The first kappa shape index (κ1) is 13.1. The highest BCUT2D eigenvalue weighted by Crippen LogP contribution is 2.28. The average Bonchev–Trinajstić information content (AvgIpc) is 2.95. The maximum absolute atomic E-state index is 12.0. The second-order valence-electron chi connectivity index (χ2n) is 5.24. The third kappa shape index (κ3) is 2.18. The number of hydrogen-bond donors (Lipinski definition) is 3. The molecule has 9 heteroatoms. The summed E-state index contributed by atoms with van der Waals surface area (Å²) in [5, 5.41) is 12.8. The Bertz CT molecular complexity index is 456. The number of fused-ring (bicyclic) bond motifs is 2. The minimum Gasteiger partial charge on any atom is -0.353 e. The Morgan fingerprint density at radius 1 is 1.40 bits per heavy atom. The van der Waals surface area contributed by atoms with E-state index < -0.39 is 18.0 Å². The van der Waals surface area contributed by atoms with E-state index >= 15 is 0 Å². The number of carbonyl (C=O) groups is 3. The van der Waals surface area contributed by atoms with Crippen LogP contribution >= 0.6 is 0 Å². The summed E-state index contributed by atoms with van der Waals surface area (Å²) in [7, 11) is 0. The van der Waals surface area contributed by atoms with E-state index in [2.05, 4.69) is 10.8 Å². The summed E-state index contributed by atoms with van der Waals surface area (Å²) >= 11 is 0. The van der Waals surface area contributed by atoms with E-state index in [0.717, 1.165) is 0 Å². The molecule has 0 saturated carbocycles. The molecule has 110 valence electrons. The summed E-state index contributed by atoms with van der Waals surface area (Å²) < 4.78 is 0. The van der Waals surface area contributed by atoms with Crippen LogP contribution in [0, 0.1) is 0 Å². The topological polar surface area (TPSA) is 111 Å². The molecule has 3 aliphatic heterocycles. The fraction of sp³-hybridized carbons (Fsp3) is 0.727. The van der Waals surface area contributed by atoms with Crippen molar-refractivity contribution < 1.29 is 24.4 Å². The number of urea groups is 1. The highest BCUT2D eigenvalue weighted by atomic mass is 16.7. The van der Waals surface area contributed by atoms with Gasteiger partial charge in [0.05, 0.1) is 12.5 Å². The molecule has 0 aromatic heterocycles. The van der Waals surface area contributed by atoms with Crippen molar-refractivity contribution in [1.29, 1.82) is 0 Å². The van der Waals surface area contributed by atoms with Crippen LogP contribution < -0.4 is 10.8 Å². The Labute approximate surface area is 114 Å². The van der Waals surface area contributed by atoms with Crippen LogP contribution in [0.5, 0.6) is 0 Å². The van der Waals surface area contributed by atoms with Gasteiger partial charge < -0.3 is 10.2 Å². The number of amides is 4. The van der Waals surface area contributed by atoms with Crippen LogP contribution in [0.3, 0.4) is 0 Å². The molecule has 3 heterocycles. The normalized spacial score (nSPS) is 32.5. The smallest absolute Gasteiger partial charge is 0.344 e. The number of hydrogen-bond acceptors (Lipinski definition) is 5. The van der Waals surface area contributed by atoms with Crippen molar-refractivity contribution >= 4 is 17.8 Å². The third-order valence-electron chi connectivity index (χ3n) is 3.91. The summed E-state index contributed by atoms with van der Waals surface area (Å²) in [4.78, 5) is 41.3. The molecule has 2 bridgehead atoms. The molecule has 3 aliphatic rings. The van der Waals surface area contributed by atoms with Crippen LogP contribution in [0.2, 0.25) is 0 Å². The van der Waals surface area contributed by atoms with Gasteiger partial charge in [-0.25, -0.2) is 15.3 Å². The van der Waals surface area contributed by atoms with Crippen molar-refractivity contribution in [3.05, 3.63) is 0 Å². The number of rotatable bonds is 3. The van der Waals surface area contributed by atoms with Gasteiger partial charge in [0.25, 0.3) is 5.91 Å². The Hall–Kier alpha value is -1.87. The number of nitrogens with zero attached hydrogens (tertiary/aromatic N) is 2. The molecular weight excluding hydrogens is 268 g/mol. The number of piperidine rings is 1. The van der Waals surface area contributed by atoms with Crippen molar-refractivity contribution in [2.45, 2.75) is 37.5 Å². The van der Waals surface area contributed by atoms with Gasteiger partial charge in [-0.15, -0.1) is 0 Å². The lowest BCUT2D eigenvalue weighted by Gasteiger charge is -2.29. The van der Waals surface area contributed by atoms with Gasteiger partial charge in [0.1, 0.15) is 12.1 Å². The number of carbonyl (C=O) groups excluding carboxylic acids is 3. The fourth-order valence-electron chi connectivity index (χ4n) is 2.79. The molecule has 0 radical (unpaired) electrons. The first-order valence-corrected chi connectivity index (χ1v) is 6.57. The predicted molar refractivity (Wildman–Crippen MR) is 63.2 cm³/mol. The van der Waals surface area contributed by atoms with Crippen LogP contribution in [0.25, 0.3) is 0 Å². The maximum Gasteiger partial charge on any atom is 0.344 e. The van der Waals surface area contributed by atoms with E-state index in [0.29, 0.717) is 31.0 Å². The summed E-state index contributed by atoms with van der Waals surface area (Å²) in [6, 6.07) is -1.42. The summed E-state index contributed by atoms with van der Waals surface area (Å²) in [5.41, 5.74) is 2.31. The molecule has 4 amide bonds. The molecule has 20 heavy (non-hydrogen) atoms. The van der Waals surface area contributed by atoms with E-state index in [1.807, 2.05) is 0 Å². The summed E-state index contributed by atoms with van der Waals surface area (Å²) in [6.07, 6.45) is 0.872. The first-order chi connectivity index (χ1) is 9.56. The van der Waals surface area contributed by atoms with Crippen LogP contribution in [-0.4, -0.2) is 64.3 Å². The summed E-state index contributed by atoms with van der Waals surface area (Å²) in [5.74, 6) is -0.540. The number of nitrogens with one attached hydrogen (secondary N) is 2. The third-order valence-corrected chi connectivity index (χ3v) is 3.91. The van der Waals surface area contributed by atoms with Gasteiger partial charge in [-0.05, 0) is 12.8 Å². The van der Waals surface area contributed by atoms with Crippen molar-refractivity contribution in [2.24, 2.45) is 0 Å². The van der Waals surface area contributed by atoms with Crippen molar-refractivity contribution in [1.82, 2.24) is 20.8 Å². The predicted octanol–water partition coefficient (Wildman–Crippen LogP) is -1.42. The van der Waals surface area contributed by atoms with Crippen molar-refractivity contribution in [3.8, 4) is 0 Å². The van der Waals surface area contributed by atoms with Gasteiger partial charge >= 0.3 is 6.03 Å². The average molecular weight is 284 g/mol. The molecular formula is C11H16N4O5. The van der Waals surface area contributed by atoms with Crippen LogP contribution in [0.4, 0.5) is 4.79 Å². The van der Waals surface area contributed by atoms with E-state index in [4.69, 9.17) is 4.84 Å². The highest BCUT2D eigenvalue weighted by molar-refractivity contribution is 5.88. The Balaban J connectivity index is 1.55. The van der Waals surface area contributed by atoms with E-state index in [-0.39, 0.29) is 24.5 Å². The molecule has 3 atom stereocenters. The largest absolute Gasteiger partial charge is 0.353 e. The Morgan fingerprint density at radius 2 is 2.20 bits per heavy atom. The standard InChI is InChI=1S/C11H16N4O5/c16-9-3-7(4-12-9)20-13-10(17)8-2-1-6-5-14(8)11(18)15(6)19/h6-8,19H,1-5H2,(H,12,16)(H,13,17). The molecule has 3 fully saturated rings. The molecule has 0 aliphatic carbocycles. The zero-order chi connectivity index (χ0) is 14.3. The lowest BCUT2D eigenvalue weighted by Crippen LogP contribution is -2.50. The monoisotopic (exact) mass is 284 g/mol. The Morgan fingerprint density at radius 3 is 2.90 bits per heavy atom. The van der Waals surface area contributed by atoms with E-state index in [9.17, 15) is 19.6 Å². The molecule has 3 saturated heterocycles. The highest BCUT2D eigenvalue weighted by Gasteiger charge is 2.46. The van der Waals surface area contributed by atoms with Crippen LogP contribution in [0.1, 0.15) is 19.3 Å². The lowest BCUT2D eigenvalue weighted by molar-refractivity contribution is -0.143. The molecule has 9 nitrogen and oxygen atoms in total. The van der Waals surface area contributed by atoms with Crippen molar-refractivity contribution in [3.63, 3.8) is 0 Å². The fourth-order valence-corrected chi connectivity index (χ4v) is 2.79. The van der Waals surface area contributed by atoms with Crippen molar-refractivity contribution in [2.75, 3.05) is 13.1 Å². The van der Waals surface area contributed by atoms with E-state index in [1.54, 1.807) is 0 Å². The molecule has 0 aromatic rings. The second kappa shape index (κ2) is 4.91. The van der Waals surface area contributed by atoms with E-state index in [1.165, 1.54) is 4.90 Å². The van der Waals surface area contributed by atoms with Gasteiger partial charge in [0.15, 0.2) is 0 Å². The molecule has 3 N–H and O–H groups in total. The zero-order valence-corrected chi connectivity index (χ0v) is 10.7. The molecule has 0 aromatic carbocycles. The van der Waals surface area contributed by atoms with Gasteiger partial charge in [-0.2, -0.15) is 0 Å². The zero-order valence-electron chi connectivity index (χ0n) is 10.7. The van der Waals surface area contributed by atoms with Crippen LogP contribution in [0.15, 0.2) is 0 Å². The van der Waals surface area contributed by atoms with Gasteiger partial charge in [-0.1, -0.05) is 0 Å².